The van der Waals surface area contributed by atoms with Crippen LogP contribution in [0.3, 0.4) is 0 Å². The van der Waals surface area contributed by atoms with Gasteiger partial charge in [-0.1, -0.05) is 255 Å². The summed E-state index contributed by atoms with van der Waals surface area (Å²) < 4.78 is 0. The smallest absolute Gasteiger partial charge is 0.252 e. The van der Waals surface area contributed by atoms with Crippen molar-refractivity contribution in [3.05, 3.63) is 322 Å². The summed E-state index contributed by atoms with van der Waals surface area (Å²) >= 11 is 0. The third kappa shape index (κ3) is 8.46. The summed E-state index contributed by atoms with van der Waals surface area (Å²) in [5, 5.41) is 10.6. The number of fused-ring (bicyclic) bond motifs is 11. The van der Waals surface area contributed by atoms with Crippen LogP contribution in [0.15, 0.2) is 322 Å². The second kappa shape index (κ2) is 20.5. The average molecular weight is 1130 g/mol. The summed E-state index contributed by atoms with van der Waals surface area (Å²) in [6, 6.07) is 118. The molecule has 0 fully saturated rings. The third-order valence-electron chi connectivity index (χ3n) is 18.5. The Kier molecular flexibility index (Phi) is 11.7. The van der Waals surface area contributed by atoms with Crippen molar-refractivity contribution in [1.82, 2.24) is 9.97 Å². The lowest BCUT2D eigenvalue weighted by Crippen LogP contribution is -2.61. The molecule has 3 heterocycles. The fourth-order valence-corrected chi connectivity index (χ4v) is 14.4. The Labute approximate surface area is 516 Å². The lowest BCUT2D eigenvalue weighted by atomic mass is 9.33. The molecular formula is C84H53BN4. The highest BCUT2D eigenvalue weighted by Gasteiger charge is 2.45. The molecule has 0 unspecified atom stereocenters. The highest BCUT2D eigenvalue weighted by atomic mass is 15.2. The standard InChI is InChI=1S/C84H53BN4/c1-6-22-54(23-7-1)63-42-64(55-24-8-2-9-25-55)45-68(44-63)88-78-52-73-61(40-38-58-30-16-18-34-70(58)73)48-75(78)85-76-49-62-41-39-59-31-17-19-35-71(59)74(62)53-79(76)89(69-46-65(56-26-10-3-11-27-56)43-66(47-69)57-28-12-4-13-29-57)81-51-67(50-80(88)82(81)85)84-86-77-37-21-20-36-72(77)83(87-84)60-32-14-5-15-33-60/h1-53H. The molecule has 0 amide bonds. The Balaban J connectivity index is 1.02. The van der Waals surface area contributed by atoms with Gasteiger partial charge in [-0.15, -0.1) is 0 Å². The first kappa shape index (κ1) is 50.6. The van der Waals surface area contributed by atoms with Gasteiger partial charge in [0.1, 0.15) is 0 Å². The van der Waals surface area contributed by atoms with Crippen molar-refractivity contribution in [1.29, 1.82) is 0 Å². The van der Waals surface area contributed by atoms with E-state index in [9.17, 15) is 0 Å². The highest BCUT2D eigenvalue weighted by molar-refractivity contribution is 7.00. The third-order valence-corrected chi connectivity index (χ3v) is 18.5. The number of rotatable bonds is 8. The molecule has 2 aliphatic heterocycles. The lowest BCUT2D eigenvalue weighted by molar-refractivity contribution is 1.21. The van der Waals surface area contributed by atoms with E-state index < -0.39 is 0 Å². The number of aromatic nitrogens is 2. The molecule has 0 atom stereocenters. The predicted molar refractivity (Wildman–Crippen MR) is 376 cm³/mol. The topological polar surface area (TPSA) is 32.3 Å². The zero-order chi connectivity index (χ0) is 58.5. The van der Waals surface area contributed by atoms with Crippen LogP contribution >= 0.6 is 0 Å². The minimum atomic E-state index is -0.215. The zero-order valence-corrected chi connectivity index (χ0v) is 48.5. The van der Waals surface area contributed by atoms with Gasteiger partial charge in [-0.25, -0.2) is 9.97 Å². The minimum Gasteiger partial charge on any atom is -0.311 e. The van der Waals surface area contributed by atoms with Crippen LogP contribution in [-0.4, -0.2) is 16.7 Å². The van der Waals surface area contributed by atoms with Crippen LogP contribution in [0, 0.1) is 0 Å². The van der Waals surface area contributed by atoms with Crippen molar-refractivity contribution in [2.75, 3.05) is 9.80 Å². The second-order valence-electron chi connectivity index (χ2n) is 23.6. The van der Waals surface area contributed by atoms with Crippen LogP contribution in [0.25, 0.3) is 121 Å². The molecular weight excluding hydrogens is 1080 g/mol. The van der Waals surface area contributed by atoms with Crippen molar-refractivity contribution in [2.24, 2.45) is 0 Å². The van der Waals surface area contributed by atoms with Crippen LogP contribution in [-0.2, 0) is 0 Å². The molecule has 0 aliphatic carbocycles. The number of anilines is 6. The Morgan fingerprint density at radius 3 is 1.04 bits per heavy atom. The first-order valence-electron chi connectivity index (χ1n) is 30.6. The number of hydrogen-bond donors (Lipinski definition) is 0. The predicted octanol–water partition coefficient (Wildman–Crippen LogP) is 20.3. The van der Waals surface area contributed by atoms with Crippen molar-refractivity contribution in [3.8, 4) is 67.2 Å². The monoisotopic (exact) mass is 1130 g/mol. The average Bonchev–Trinajstić information content (AvgIpc) is 0.708. The van der Waals surface area contributed by atoms with Crippen molar-refractivity contribution in [2.45, 2.75) is 0 Å². The molecule has 0 spiro atoms. The zero-order valence-electron chi connectivity index (χ0n) is 48.5. The molecule has 0 N–H and O–H groups in total. The van der Waals surface area contributed by atoms with Gasteiger partial charge in [-0.2, -0.15) is 0 Å². The molecule has 18 rings (SSSR count). The van der Waals surface area contributed by atoms with Crippen LogP contribution < -0.4 is 26.2 Å². The van der Waals surface area contributed by atoms with Crippen LogP contribution in [0.1, 0.15) is 0 Å². The maximum absolute atomic E-state index is 5.70. The van der Waals surface area contributed by atoms with E-state index in [1.54, 1.807) is 0 Å². The Bertz CT molecular complexity index is 5110. The van der Waals surface area contributed by atoms with Gasteiger partial charge < -0.3 is 9.80 Å². The van der Waals surface area contributed by atoms with Gasteiger partial charge in [0.2, 0.25) is 0 Å². The van der Waals surface area contributed by atoms with E-state index in [4.69, 9.17) is 9.97 Å². The molecule has 15 aromatic carbocycles. The van der Waals surface area contributed by atoms with E-state index >= 15 is 0 Å². The summed E-state index contributed by atoms with van der Waals surface area (Å²) in [7, 11) is 0. The van der Waals surface area contributed by atoms with Crippen LogP contribution in [0.2, 0.25) is 0 Å². The van der Waals surface area contributed by atoms with E-state index in [1.807, 2.05) is 0 Å². The summed E-state index contributed by atoms with van der Waals surface area (Å²) in [6.07, 6.45) is 0. The van der Waals surface area contributed by atoms with E-state index in [-0.39, 0.29) is 6.71 Å². The van der Waals surface area contributed by atoms with E-state index in [0.717, 1.165) is 106 Å². The Morgan fingerprint density at radius 1 is 0.236 bits per heavy atom. The van der Waals surface area contributed by atoms with Crippen LogP contribution in [0.4, 0.5) is 34.1 Å². The van der Waals surface area contributed by atoms with Gasteiger partial charge in [0.25, 0.3) is 6.71 Å². The maximum Gasteiger partial charge on any atom is 0.252 e. The number of nitrogens with zero attached hydrogens (tertiary/aromatic N) is 4. The molecule has 0 saturated heterocycles. The number of benzene rings is 15. The van der Waals surface area contributed by atoms with Gasteiger partial charge in [0.15, 0.2) is 5.82 Å². The second-order valence-corrected chi connectivity index (χ2v) is 23.6. The molecule has 412 valence electrons. The Hall–Kier alpha value is -11.7. The van der Waals surface area contributed by atoms with Crippen molar-refractivity contribution < 1.29 is 0 Å². The first-order valence-corrected chi connectivity index (χ1v) is 30.6. The van der Waals surface area contributed by atoms with Gasteiger partial charge >= 0.3 is 0 Å². The molecule has 89 heavy (non-hydrogen) atoms. The molecule has 4 nitrogen and oxygen atoms in total. The molecule has 2 aliphatic rings. The van der Waals surface area contributed by atoms with Gasteiger partial charge in [0, 0.05) is 50.6 Å². The highest BCUT2D eigenvalue weighted by Crippen LogP contribution is 2.50. The van der Waals surface area contributed by atoms with E-state index in [2.05, 4.69) is 331 Å². The van der Waals surface area contributed by atoms with Crippen molar-refractivity contribution in [3.63, 3.8) is 0 Å². The van der Waals surface area contributed by atoms with Crippen LogP contribution in [0.5, 0.6) is 0 Å². The fraction of sp³-hybridized carbons (Fsp3) is 0. The quantitative estimate of drug-likeness (QED) is 0.112. The van der Waals surface area contributed by atoms with E-state index in [1.165, 1.54) is 59.5 Å². The number of para-hydroxylation sites is 1. The molecule has 0 saturated carbocycles. The van der Waals surface area contributed by atoms with E-state index in [0.29, 0.717) is 5.82 Å². The van der Waals surface area contributed by atoms with Gasteiger partial charge in [-0.3, -0.25) is 0 Å². The molecule has 0 bridgehead atoms. The summed E-state index contributed by atoms with van der Waals surface area (Å²) in [6.45, 7) is -0.215. The Morgan fingerprint density at radius 2 is 0.607 bits per heavy atom. The summed E-state index contributed by atoms with van der Waals surface area (Å²) in [4.78, 5) is 16.5. The van der Waals surface area contributed by atoms with Gasteiger partial charge in [-0.05, 0) is 171 Å². The normalized spacial score (nSPS) is 12.4. The molecule has 16 aromatic rings. The molecule has 0 radical (unpaired) electrons. The first-order chi connectivity index (χ1) is 44.1. The van der Waals surface area contributed by atoms with Gasteiger partial charge in [0.05, 0.1) is 11.2 Å². The fourth-order valence-electron chi connectivity index (χ4n) is 14.4. The maximum atomic E-state index is 5.70. The lowest BCUT2D eigenvalue weighted by Gasteiger charge is -2.45. The molecule has 5 heteroatoms. The molecule has 1 aromatic heterocycles. The SMILES string of the molecule is c1ccc(-c2cc(-c3ccccc3)cc(N3c4cc5c(ccc6ccccc65)cc4B4c5cc6ccc7ccccc7c6cc5N(c5cc(-c6ccccc6)cc(-c6ccccc6)c5)c5cc(-c6nc(-c7ccccc7)c7ccccc7n6)cc3c54)c2)cc1. The summed E-state index contributed by atoms with van der Waals surface area (Å²) in [5.74, 6) is 0.648. The van der Waals surface area contributed by atoms with Crippen molar-refractivity contribution >= 4 is 111 Å². The minimum absolute atomic E-state index is 0.215. The summed E-state index contributed by atoms with van der Waals surface area (Å²) in [5.41, 5.74) is 23.0. The largest absolute Gasteiger partial charge is 0.311 e. The number of hydrogen-bond acceptors (Lipinski definition) is 4.